The molecule has 0 atom stereocenters. The zero-order valence-corrected chi connectivity index (χ0v) is 18.6. The number of benzene rings is 3. The molecule has 0 unspecified atom stereocenters. The summed E-state index contributed by atoms with van der Waals surface area (Å²) in [6.45, 7) is 4.80. The number of imidazole rings is 1. The van der Waals surface area contributed by atoms with Gasteiger partial charge in [-0.3, -0.25) is 0 Å². The monoisotopic (exact) mass is 456 g/mol. The molecule has 0 radical (unpaired) electrons. The number of hydrogen-bond donors (Lipinski definition) is 0. The van der Waals surface area contributed by atoms with Gasteiger partial charge in [0.25, 0.3) is 0 Å². The number of nitrogens with zero attached hydrogens (tertiary/aromatic N) is 2. The van der Waals surface area contributed by atoms with Crippen molar-refractivity contribution in [3.63, 3.8) is 0 Å². The van der Waals surface area contributed by atoms with Crippen LogP contribution < -0.4 is 4.74 Å². The van der Waals surface area contributed by atoms with Gasteiger partial charge in [-0.15, -0.1) is 24.9 Å². The lowest BCUT2D eigenvalue weighted by Gasteiger charge is -2.12. The van der Waals surface area contributed by atoms with Crippen LogP contribution in [-0.2, 0) is 6.54 Å². The van der Waals surface area contributed by atoms with Crippen LogP contribution in [0.4, 0.5) is 13.2 Å². The highest BCUT2D eigenvalue weighted by Crippen LogP contribution is 2.31. The molecule has 4 rings (SSSR count). The summed E-state index contributed by atoms with van der Waals surface area (Å²) in [6, 6.07) is 20.4. The highest BCUT2D eigenvalue weighted by atomic mass is 32.2. The van der Waals surface area contributed by atoms with Crippen LogP contribution in [0.15, 0.2) is 71.6 Å². The maximum Gasteiger partial charge on any atom is 0.573 e. The molecule has 3 aromatic carbocycles. The van der Waals surface area contributed by atoms with Gasteiger partial charge in [0.15, 0.2) is 0 Å². The van der Waals surface area contributed by atoms with Crippen LogP contribution in [0.25, 0.3) is 22.4 Å². The summed E-state index contributed by atoms with van der Waals surface area (Å²) in [5, 5.41) is 0. The summed E-state index contributed by atoms with van der Waals surface area (Å²) < 4.78 is 43.7. The van der Waals surface area contributed by atoms with Crippen molar-refractivity contribution in [1.29, 1.82) is 0 Å². The molecule has 166 valence electrons. The van der Waals surface area contributed by atoms with E-state index in [2.05, 4.69) is 52.6 Å². The van der Waals surface area contributed by atoms with Crippen molar-refractivity contribution in [2.75, 3.05) is 5.75 Å². The molecule has 0 aliphatic rings. The highest BCUT2D eigenvalue weighted by Gasteiger charge is 2.31. The molecule has 0 bridgehead atoms. The van der Waals surface area contributed by atoms with Gasteiger partial charge in [-0.05, 0) is 67.1 Å². The summed E-state index contributed by atoms with van der Waals surface area (Å²) in [5.41, 5.74) is 4.88. The largest absolute Gasteiger partial charge is 0.573 e. The summed E-state index contributed by atoms with van der Waals surface area (Å²) >= 11 is 1.80. The molecule has 0 amide bonds. The van der Waals surface area contributed by atoms with Crippen LogP contribution in [-0.4, -0.2) is 21.7 Å². The van der Waals surface area contributed by atoms with E-state index in [4.69, 9.17) is 4.98 Å². The van der Waals surface area contributed by atoms with Crippen molar-refractivity contribution in [1.82, 2.24) is 9.55 Å². The van der Waals surface area contributed by atoms with Crippen molar-refractivity contribution in [2.24, 2.45) is 0 Å². The number of halogens is 3. The third-order valence-electron chi connectivity index (χ3n) is 5.00. The third-order valence-corrected chi connectivity index (χ3v) is 6.20. The van der Waals surface area contributed by atoms with E-state index < -0.39 is 6.36 Å². The van der Waals surface area contributed by atoms with Gasteiger partial charge in [-0.2, -0.15) is 0 Å². The first-order valence-electron chi connectivity index (χ1n) is 10.4. The van der Waals surface area contributed by atoms with Crippen LogP contribution >= 0.6 is 11.8 Å². The minimum atomic E-state index is -4.72. The highest BCUT2D eigenvalue weighted by molar-refractivity contribution is 7.99. The molecule has 1 aromatic heterocycles. The number of fused-ring (bicyclic) bond motifs is 1. The molecule has 0 N–H and O–H groups in total. The molecule has 0 aliphatic carbocycles. The number of thioether (sulfide) groups is 1. The quantitative estimate of drug-likeness (QED) is 0.270. The second-order valence-electron chi connectivity index (χ2n) is 7.58. The van der Waals surface area contributed by atoms with Crippen molar-refractivity contribution in [3.05, 3.63) is 77.9 Å². The molecule has 0 aliphatic heterocycles. The Labute approximate surface area is 189 Å². The SMILES string of the molecule is CCCSc1ccc2nc(-c3ccc(OC(F)(F)F)cc3)n(Cc3ccc(C)cc3)c2c1. The topological polar surface area (TPSA) is 27.1 Å². The molecule has 1 heterocycles. The molecule has 7 heteroatoms. The van der Waals surface area contributed by atoms with Crippen LogP contribution in [0.3, 0.4) is 0 Å². The first-order chi connectivity index (χ1) is 15.3. The number of aromatic nitrogens is 2. The van der Waals surface area contributed by atoms with E-state index in [1.807, 2.05) is 13.0 Å². The molecular formula is C25H23F3N2OS. The molecular weight excluding hydrogens is 433 g/mol. The van der Waals surface area contributed by atoms with E-state index >= 15 is 0 Å². The Hall–Kier alpha value is -2.93. The minimum absolute atomic E-state index is 0.249. The molecule has 4 aromatic rings. The van der Waals surface area contributed by atoms with Gasteiger partial charge in [0.1, 0.15) is 11.6 Å². The Morgan fingerprint density at radius 2 is 1.69 bits per heavy atom. The predicted octanol–water partition coefficient (Wildman–Crippen LogP) is 7.46. The van der Waals surface area contributed by atoms with Gasteiger partial charge >= 0.3 is 6.36 Å². The first kappa shape index (κ1) is 22.3. The molecule has 32 heavy (non-hydrogen) atoms. The lowest BCUT2D eigenvalue weighted by molar-refractivity contribution is -0.274. The number of ether oxygens (including phenoxy) is 1. The number of hydrogen-bond acceptors (Lipinski definition) is 3. The predicted molar refractivity (Wildman–Crippen MR) is 123 cm³/mol. The fourth-order valence-electron chi connectivity index (χ4n) is 3.47. The maximum absolute atomic E-state index is 12.5. The lowest BCUT2D eigenvalue weighted by atomic mass is 10.1. The number of rotatable bonds is 7. The zero-order chi connectivity index (χ0) is 22.7. The fraction of sp³-hybridized carbons (Fsp3) is 0.240. The normalized spacial score (nSPS) is 11.8. The first-order valence-corrected chi connectivity index (χ1v) is 11.4. The summed E-state index contributed by atoms with van der Waals surface area (Å²) in [4.78, 5) is 5.98. The van der Waals surface area contributed by atoms with Gasteiger partial charge in [0.2, 0.25) is 0 Å². The van der Waals surface area contributed by atoms with Gasteiger partial charge in [0.05, 0.1) is 11.0 Å². The van der Waals surface area contributed by atoms with Crippen LogP contribution in [0.2, 0.25) is 0 Å². The smallest absolute Gasteiger partial charge is 0.406 e. The molecule has 3 nitrogen and oxygen atoms in total. The molecule has 0 spiro atoms. The van der Waals surface area contributed by atoms with Crippen molar-refractivity contribution < 1.29 is 17.9 Å². The van der Waals surface area contributed by atoms with Gasteiger partial charge in [0, 0.05) is 17.0 Å². The second-order valence-corrected chi connectivity index (χ2v) is 8.75. The van der Waals surface area contributed by atoms with Crippen molar-refractivity contribution >= 4 is 22.8 Å². The van der Waals surface area contributed by atoms with E-state index in [1.165, 1.54) is 22.6 Å². The Balaban J connectivity index is 1.77. The van der Waals surface area contributed by atoms with E-state index in [1.54, 1.807) is 23.9 Å². The van der Waals surface area contributed by atoms with Gasteiger partial charge in [-0.1, -0.05) is 36.8 Å². The Kier molecular flexibility index (Phi) is 6.46. The van der Waals surface area contributed by atoms with Crippen molar-refractivity contribution in [2.45, 2.75) is 38.1 Å². The number of aryl methyl sites for hydroxylation is 1. The van der Waals surface area contributed by atoms with Gasteiger partial charge in [-0.25, -0.2) is 4.98 Å². The van der Waals surface area contributed by atoms with E-state index in [0.717, 1.165) is 34.3 Å². The lowest BCUT2D eigenvalue weighted by Crippen LogP contribution is -2.16. The minimum Gasteiger partial charge on any atom is -0.406 e. The van der Waals surface area contributed by atoms with E-state index in [9.17, 15) is 13.2 Å². The molecule has 0 saturated heterocycles. The molecule has 0 fully saturated rings. The second kappa shape index (κ2) is 9.28. The molecule has 0 saturated carbocycles. The average molecular weight is 457 g/mol. The Bertz CT molecular complexity index is 1200. The Morgan fingerprint density at radius 3 is 2.34 bits per heavy atom. The van der Waals surface area contributed by atoms with Crippen LogP contribution in [0.1, 0.15) is 24.5 Å². The summed E-state index contributed by atoms with van der Waals surface area (Å²) in [6.07, 6.45) is -3.63. The van der Waals surface area contributed by atoms with E-state index in [0.29, 0.717) is 12.4 Å². The number of alkyl halides is 3. The standard InChI is InChI=1S/C25H23F3N2OS/c1-3-14-32-21-12-13-22-23(15-21)30(16-18-6-4-17(2)5-7-18)24(29-22)19-8-10-20(11-9-19)31-25(26,27)28/h4-13,15H,3,14,16H2,1-2H3. The Morgan fingerprint density at radius 1 is 0.969 bits per heavy atom. The van der Waals surface area contributed by atoms with Gasteiger partial charge < -0.3 is 9.30 Å². The van der Waals surface area contributed by atoms with Crippen LogP contribution in [0, 0.1) is 6.92 Å². The fourth-order valence-corrected chi connectivity index (χ4v) is 4.27. The summed E-state index contributed by atoms with van der Waals surface area (Å²) in [5.74, 6) is 1.49. The van der Waals surface area contributed by atoms with Crippen LogP contribution in [0.5, 0.6) is 5.75 Å². The zero-order valence-electron chi connectivity index (χ0n) is 17.8. The summed E-state index contributed by atoms with van der Waals surface area (Å²) in [7, 11) is 0. The van der Waals surface area contributed by atoms with E-state index in [-0.39, 0.29) is 5.75 Å². The van der Waals surface area contributed by atoms with Crippen molar-refractivity contribution in [3.8, 4) is 17.1 Å². The maximum atomic E-state index is 12.5. The average Bonchev–Trinajstić information content (AvgIpc) is 3.11. The third kappa shape index (κ3) is 5.27.